The van der Waals surface area contributed by atoms with Crippen LogP contribution in [0.4, 0.5) is 0 Å². The molecule has 0 amide bonds. The molecular formula is C38H32N2O5. The summed E-state index contributed by atoms with van der Waals surface area (Å²) in [6, 6.07) is 38.7. The molecule has 6 rings (SSSR count). The number of methoxy groups -OCH3 is 3. The van der Waals surface area contributed by atoms with Crippen LogP contribution in [-0.4, -0.2) is 42.0 Å². The number of rotatable bonds is 10. The van der Waals surface area contributed by atoms with Crippen LogP contribution in [-0.2, 0) is 6.54 Å². The number of aromatic nitrogens is 2. The van der Waals surface area contributed by atoms with Gasteiger partial charge in [-0.25, -0.2) is 9.78 Å². The topological polar surface area (TPSA) is 82.8 Å². The minimum Gasteiger partial charge on any atom is -0.497 e. The quantitative estimate of drug-likeness (QED) is 0.171. The van der Waals surface area contributed by atoms with Gasteiger partial charge >= 0.3 is 5.97 Å². The molecular weight excluding hydrogens is 564 g/mol. The summed E-state index contributed by atoms with van der Waals surface area (Å²) in [5, 5.41) is 10.2. The molecule has 7 heteroatoms. The highest BCUT2D eigenvalue weighted by atomic mass is 16.5. The van der Waals surface area contributed by atoms with E-state index in [0.29, 0.717) is 12.1 Å². The summed E-state index contributed by atoms with van der Waals surface area (Å²) in [5.74, 6) is 1.99. The molecule has 6 aromatic rings. The van der Waals surface area contributed by atoms with Crippen LogP contribution in [0.1, 0.15) is 15.9 Å². The first-order valence-corrected chi connectivity index (χ1v) is 14.4. The first kappa shape index (κ1) is 29.3. The zero-order chi connectivity index (χ0) is 31.3. The number of carbonyl (C=O) groups is 1. The second-order valence-electron chi connectivity index (χ2n) is 10.5. The Morgan fingerprint density at radius 3 is 1.71 bits per heavy atom. The number of carboxylic acid groups (broad SMARTS) is 1. The smallest absolute Gasteiger partial charge is 0.336 e. The standard InChI is InChI=1S/C38H32N2O5/c1-43-30-16-10-27(11-17-30)35-36(28-12-18-31(44-2)19-13-28)40(37(39-35)29-14-20-32(45-3)21-15-29)24-25-9-22-33(34(23-25)38(41)42)26-7-5-4-6-8-26/h4-23H,24H2,1-3H3,(H,41,42). The zero-order valence-electron chi connectivity index (χ0n) is 25.2. The monoisotopic (exact) mass is 596 g/mol. The van der Waals surface area contributed by atoms with E-state index in [2.05, 4.69) is 4.57 Å². The molecule has 1 aromatic heterocycles. The minimum atomic E-state index is -0.981. The van der Waals surface area contributed by atoms with E-state index in [1.807, 2.05) is 115 Å². The lowest BCUT2D eigenvalue weighted by molar-refractivity contribution is 0.0697. The zero-order valence-corrected chi connectivity index (χ0v) is 25.2. The maximum atomic E-state index is 12.5. The Morgan fingerprint density at radius 2 is 1.18 bits per heavy atom. The maximum absolute atomic E-state index is 12.5. The van der Waals surface area contributed by atoms with Gasteiger partial charge in [0.05, 0.1) is 38.3 Å². The van der Waals surface area contributed by atoms with Crippen LogP contribution in [0.3, 0.4) is 0 Å². The molecule has 0 unspecified atom stereocenters. The highest BCUT2D eigenvalue weighted by Gasteiger charge is 2.23. The molecule has 0 fully saturated rings. The van der Waals surface area contributed by atoms with Gasteiger partial charge in [-0.1, -0.05) is 42.5 Å². The van der Waals surface area contributed by atoms with Crippen LogP contribution in [0.2, 0.25) is 0 Å². The maximum Gasteiger partial charge on any atom is 0.336 e. The molecule has 1 N–H and O–H groups in total. The van der Waals surface area contributed by atoms with Crippen LogP contribution in [0.5, 0.6) is 17.2 Å². The summed E-state index contributed by atoms with van der Waals surface area (Å²) in [6.45, 7) is 0.376. The van der Waals surface area contributed by atoms with E-state index in [-0.39, 0.29) is 5.56 Å². The third-order valence-electron chi connectivity index (χ3n) is 7.78. The molecule has 5 aromatic carbocycles. The predicted octanol–water partition coefficient (Wildman–Crippen LogP) is 8.32. The van der Waals surface area contributed by atoms with Gasteiger partial charge in [0, 0.05) is 23.2 Å². The van der Waals surface area contributed by atoms with Gasteiger partial charge in [0.25, 0.3) is 0 Å². The number of hydrogen-bond donors (Lipinski definition) is 1. The van der Waals surface area contributed by atoms with Gasteiger partial charge in [0.15, 0.2) is 0 Å². The molecule has 7 nitrogen and oxygen atoms in total. The lowest BCUT2D eigenvalue weighted by Gasteiger charge is -2.16. The van der Waals surface area contributed by atoms with E-state index in [1.165, 1.54) is 0 Å². The van der Waals surface area contributed by atoms with Crippen LogP contribution >= 0.6 is 0 Å². The van der Waals surface area contributed by atoms with Gasteiger partial charge in [-0.3, -0.25) is 0 Å². The summed E-state index contributed by atoms with van der Waals surface area (Å²) in [7, 11) is 4.92. The fraction of sp³-hybridized carbons (Fsp3) is 0.105. The molecule has 0 radical (unpaired) electrons. The van der Waals surface area contributed by atoms with Crippen LogP contribution < -0.4 is 14.2 Å². The van der Waals surface area contributed by atoms with E-state index in [0.717, 1.165) is 62.3 Å². The average Bonchev–Trinajstić information content (AvgIpc) is 3.47. The number of aromatic carboxylic acids is 1. The van der Waals surface area contributed by atoms with Crippen LogP contribution in [0.15, 0.2) is 121 Å². The summed E-state index contributed by atoms with van der Waals surface area (Å²) in [5.41, 5.74) is 7.01. The lowest BCUT2D eigenvalue weighted by Crippen LogP contribution is -2.07. The van der Waals surface area contributed by atoms with E-state index in [1.54, 1.807) is 27.4 Å². The highest BCUT2D eigenvalue weighted by molar-refractivity contribution is 5.96. The van der Waals surface area contributed by atoms with Gasteiger partial charge < -0.3 is 23.9 Å². The average molecular weight is 597 g/mol. The number of imidazole rings is 1. The Bertz CT molecular complexity index is 1930. The molecule has 1 heterocycles. The van der Waals surface area contributed by atoms with E-state index in [9.17, 15) is 9.90 Å². The van der Waals surface area contributed by atoms with Crippen molar-refractivity contribution >= 4 is 5.97 Å². The lowest BCUT2D eigenvalue weighted by atomic mass is 9.97. The first-order valence-electron chi connectivity index (χ1n) is 14.4. The van der Waals surface area contributed by atoms with Gasteiger partial charge in [-0.2, -0.15) is 0 Å². The molecule has 45 heavy (non-hydrogen) atoms. The molecule has 224 valence electrons. The fourth-order valence-electron chi connectivity index (χ4n) is 5.48. The molecule has 0 aliphatic heterocycles. The van der Waals surface area contributed by atoms with E-state index >= 15 is 0 Å². The van der Waals surface area contributed by atoms with Gasteiger partial charge in [0.1, 0.15) is 23.1 Å². The molecule has 0 aliphatic rings. The van der Waals surface area contributed by atoms with Gasteiger partial charge in [-0.05, 0) is 95.6 Å². The van der Waals surface area contributed by atoms with Crippen LogP contribution in [0, 0.1) is 0 Å². The Labute approximate surface area is 261 Å². The number of benzene rings is 5. The van der Waals surface area contributed by atoms with E-state index in [4.69, 9.17) is 19.2 Å². The molecule has 0 bridgehead atoms. The van der Waals surface area contributed by atoms with Crippen LogP contribution in [0.25, 0.3) is 45.0 Å². The van der Waals surface area contributed by atoms with Crippen molar-refractivity contribution in [2.45, 2.75) is 6.54 Å². The van der Waals surface area contributed by atoms with Crippen molar-refractivity contribution in [3.8, 4) is 62.3 Å². The second kappa shape index (κ2) is 12.8. The van der Waals surface area contributed by atoms with E-state index < -0.39 is 5.97 Å². The Balaban J connectivity index is 1.57. The Hall–Kier alpha value is -5.82. The molecule has 0 saturated carbocycles. The number of hydrogen-bond acceptors (Lipinski definition) is 5. The molecule has 0 aliphatic carbocycles. The van der Waals surface area contributed by atoms with Crippen molar-refractivity contribution in [2.75, 3.05) is 21.3 Å². The third kappa shape index (κ3) is 6.01. The highest BCUT2D eigenvalue weighted by Crippen LogP contribution is 2.39. The third-order valence-corrected chi connectivity index (χ3v) is 7.78. The summed E-state index contributed by atoms with van der Waals surface area (Å²) in [6.07, 6.45) is 0. The number of ether oxygens (including phenoxy) is 3. The molecule has 0 spiro atoms. The summed E-state index contributed by atoms with van der Waals surface area (Å²) >= 11 is 0. The predicted molar refractivity (Wildman–Crippen MR) is 176 cm³/mol. The summed E-state index contributed by atoms with van der Waals surface area (Å²) in [4.78, 5) is 17.7. The Kier molecular flexibility index (Phi) is 8.33. The SMILES string of the molecule is COc1ccc(-c2nc(-c3ccc(OC)cc3)n(Cc3ccc(-c4ccccc4)c(C(=O)O)c3)c2-c2ccc(OC)cc2)cc1. The first-order chi connectivity index (χ1) is 22.0. The minimum absolute atomic E-state index is 0.242. The second-order valence-corrected chi connectivity index (χ2v) is 10.5. The normalized spacial score (nSPS) is 10.8. The largest absolute Gasteiger partial charge is 0.497 e. The van der Waals surface area contributed by atoms with Crippen molar-refractivity contribution in [3.63, 3.8) is 0 Å². The van der Waals surface area contributed by atoms with Crippen molar-refractivity contribution in [1.29, 1.82) is 0 Å². The molecule has 0 atom stereocenters. The fourth-order valence-corrected chi connectivity index (χ4v) is 5.48. The molecule has 0 saturated heterocycles. The van der Waals surface area contributed by atoms with Gasteiger partial charge in [-0.15, -0.1) is 0 Å². The van der Waals surface area contributed by atoms with Crippen molar-refractivity contribution in [3.05, 3.63) is 132 Å². The number of nitrogens with zero attached hydrogens (tertiary/aromatic N) is 2. The summed E-state index contributed by atoms with van der Waals surface area (Å²) < 4.78 is 18.4. The Morgan fingerprint density at radius 1 is 0.644 bits per heavy atom. The van der Waals surface area contributed by atoms with Crippen molar-refractivity contribution < 1.29 is 24.1 Å². The van der Waals surface area contributed by atoms with Gasteiger partial charge in [0.2, 0.25) is 0 Å². The van der Waals surface area contributed by atoms with Crippen molar-refractivity contribution in [2.24, 2.45) is 0 Å². The number of carboxylic acids is 1. The van der Waals surface area contributed by atoms with Crippen molar-refractivity contribution in [1.82, 2.24) is 9.55 Å².